The Morgan fingerprint density at radius 2 is 1.95 bits per heavy atom. The van der Waals surface area contributed by atoms with Gasteiger partial charge < -0.3 is 11.1 Å². The van der Waals surface area contributed by atoms with E-state index in [0.717, 1.165) is 43.2 Å². The molecule has 1 amide bonds. The summed E-state index contributed by atoms with van der Waals surface area (Å²) in [4.78, 5) is 12.4. The molecule has 3 heteroatoms. The molecule has 112 valence electrons. The van der Waals surface area contributed by atoms with E-state index in [1.165, 1.54) is 6.42 Å². The number of hydrogen-bond acceptors (Lipinski definition) is 2. The van der Waals surface area contributed by atoms with Gasteiger partial charge in [0.05, 0.1) is 0 Å². The molecule has 0 saturated heterocycles. The molecular weight excluding hydrogens is 248 g/mol. The zero-order chi connectivity index (χ0) is 14.8. The molecule has 0 aliphatic rings. The van der Waals surface area contributed by atoms with Gasteiger partial charge in [-0.3, -0.25) is 4.79 Å². The number of benzene rings is 1. The van der Waals surface area contributed by atoms with Crippen molar-refractivity contribution in [2.75, 3.05) is 6.54 Å². The van der Waals surface area contributed by atoms with Crippen LogP contribution in [0, 0.1) is 0 Å². The third-order valence-corrected chi connectivity index (χ3v) is 3.55. The molecule has 1 rings (SSSR count). The number of unbranched alkanes of at least 4 members (excludes halogenated alkanes) is 1. The van der Waals surface area contributed by atoms with Gasteiger partial charge in [-0.2, -0.15) is 0 Å². The fourth-order valence-electron chi connectivity index (χ4n) is 2.47. The zero-order valence-corrected chi connectivity index (χ0v) is 12.8. The molecule has 1 aromatic carbocycles. The summed E-state index contributed by atoms with van der Waals surface area (Å²) in [5, 5.41) is 3.19. The summed E-state index contributed by atoms with van der Waals surface area (Å²) >= 11 is 0. The van der Waals surface area contributed by atoms with E-state index in [0.29, 0.717) is 12.6 Å². The maximum Gasteiger partial charge on any atom is 0.251 e. The van der Waals surface area contributed by atoms with E-state index in [9.17, 15) is 4.79 Å². The Bertz CT molecular complexity index is 404. The summed E-state index contributed by atoms with van der Waals surface area (Å²) in [5.74, 6) is 0.0450. The smallest absolute Gasteiger partial charge is 0.251 e. The maximum atomic E-state index is 12.4. The number of nitrogens with one attached hydrogen (secondary N) is 1. The highest BCUT2D eigenvalue weighted by atomic mass is 16.1. The standard InChI is InChI=1S/C17H28N2O/c1-3-5-10-15(8-4-2)19-17(20)16-11-7-6-9-14(16)12-13-18/h6-7,9,11,15H,3-5,8,10,12-13,18H2,1-2H3,(H,19,20). The average Bonchev–Trinajstić information content (AvgIpc) is 2.46. The van der Waals surface area contributed by atoms with E-state index in [2.05, 4.69) is 19.2 Å². The van der Waals surface area contributed by atoms with Crippen molar-refractivity contribution in [2.24, 2.45) is 5.73 Å². The molecule has 20 heavy (non-hydrogen) atoms. The molecule has 0 spiro atoms. The van der Waals surface area contributed by atoms with Crippen LogP contribution in [0.4, 0.5) is 0 Å². The highest BCUT2D eigenvalue weighted by Gasteiger charge is 2.15. The molecular formula is C17H28N2O. The SMILES string of the molecule is CCCCC(CCC)NC(=O)c1ccccc1CCN. The van der Waals surface area contributed by atoms with Crippen LogP contribution in [-0.2, 0) is 6.42 Å². The normalized spacial score (nSPS) is 12.2. The average molecular weight is 276 g/mol. The van der Waals surface area contributed by atoms with Crippen molar-refractivity contribution in [3.63, 3.8) is 0 Å². The first-order valence-electron chi connectivity index (χ1n) is 7.81. The fraction of sp³-hybridized carbons (Fsp3) is 0.588. The summed E-state index contributed by atoms with van der Waals surface area (Å²) in [6.07, 6.45) is 6.28. The largest absolute Gasteiger partial charge is 0.349 e. The van der Waals surface area contributed by atoms with Crippen LogP contribution in [0.3, 0.4) is 0 Å². The molecule has 0 bridgehead atoms. The third-order valence-electron chi connectivity index (χ3n) is 3.55. The van der Waals surface area contributed by atoms with Crippen LogP contribution in [0.25, 0.3) is 0 Å². The highest BCUT2D eigenvalue weighted by molar-refractivity contribution is 5.95. The van der Waals surface area contributed by atoms with E-state index >= 15 is 0 Å². The van der Waals surface area contributed by atoms with Gasteiger partial charge in [-0.05, 0) is 37.4 Å². The molecule has 1 aromatic rings. The Labute approximate surface area is 122 Å². The second-order valence-electron chi connectivity index (χ2n) is 5.30. The van der Waals surface area contributed by atoms with E-state index < -0.39 is 0 Å². The first-order chi connectivity index (χ1) is 9.72. The number of carbonyl (C=O) groups excluding carboxylic acids is 1. The molecule has 3 nitrogen and oxygen atoms in total. The molecule has 0 aliphatic heterocycles. The lowest BCUT2D eigenvalue weighted by molar-refractivity contribution is 0.0931. The van der Waals surface area contributed by atoms with Crippen LogP contribution in [0.2, 0.25) is 0 Å². The van der Waals surface area contributed by atoms with Gasteiger partial charge >= 0.3 is 0 Å². The monoisotopic (exact) mass is 276 g/mol. The second-order valence-corrected chi connectivity index (χ2v) is 5.30. The van der Waals surface area contributed by atoms with Crippen LogP contribution in [0.5, 0.6) is 0 Å². The van der Waals surface area contributed by atoms with Crippen molar-refractivity contribution in [1.82, 2.24) is 5.32 Å². The molecule has 0 aromatic heterocycles. The summed E-state index contributed by atoms with van der Waals surface area (Å²) in [7, 11) is 0. The van der Waals surface area contributed by atoms with Crippen molar-refractivity contribution in [3.05, 3.63) is 35.4 Å². The third kappa shape index (κ3) is 5.33. The van der Waals surface area contributed by atoms with Gasteiger partial charge in [0.1, 0.15) is 0 Å². The number of rotatable bonds is 9. The van der Waals surface area contributed by atoms with Crippen LogP contribution in [-0.4, -0.2) is 18.5 Å². The first kappa shape index (κ1) is 16.7. The number of amides is 1. The second kappa shape index (κ2) is 9.54. The molecule has 3 N–H and O–H groups in total. The summed E-state index contributed by atoms with van der Waals surface area (Å²) < 4.78 is 0. The Hall–Kier alpha value is -1.35. The van der Waals surface area contributed by atoms with Crippen molar-refractivity contribution < 1.29 is 4.79 Å². The van der Waals surface area contributed by atoms with E-state index in [4.69, 9.17) is 5.73 Å². The molecule has 0 saturated carbocycles. The predicted molar refractivity (Wildman–Crippen MR) is 84.9 cm³/mol. The first-order valence-corrected chi connectivity index (χ1v) is 7.81. The minimum atomic E-state index is 0.0450. The molecule has 0 heterocycles. The lowest BCUT2D eigenvalue weighted by Gasteiger charge is -2.19. The Morgan fingerprint density at radius 3 is 2.60 bits per heavy atom. The van der Waals surface area contributed by atoms with Gasteiger partial charge in [0.15, 0.2) is 0 Å². The summed E-state index contributed by atoms with van der Waals surface area (Å²) in [6.45, 7) is 4.91. The Balaban J connectivity index is 2.72. The Morgan fingerprint density at radius 1 is 1.20 bits per heavy atom. The van der Waals surface area contributed by atoms with Gasteiger partial charge in [-0.1, -0.05) is 51.3 Å². The molecule has 0 aliphatic carbocycles. The summed E-state index contributed by atoms with van der Waals surface area (Å²) in [5.41, 5.74) is 7.43. The number of carbonyl (C=O) groups is 1. The predicted octanol–water partition coefficient (Wildman–Crippen LogP) is 3.28. The topological polar surface area (TPSA) is 55.1 Å². The van der Waals surface area contributed by atoms with Crippen LogP contribution >= 0.6 is 0 Å². The molecule has 0 fully saturated rings. The van der Waals surface area contributed by atoms with Gasteiger partial charge in [0.2, 0.25) is 0 Å². The van der Waals surface area contributed by atoms with Crippen molar-refractivity contribution in [2.45, 2.75) is 58.4 Å². The van der Waals surface area contributed by atoms with E-state index in [1.54, 1.807) is 0 Å². The van der Waals surface area contributed by atoms with E-state index in [-0.39, 0.29) is 5.91 Å². The molecule has 1 unspecified atom stereocenters. The fourth-order valence-corrected chi connectivity index (χ4v) is 2.47. The van der Waals surface area contributed by atoms with Crippen LogP contribution in [0.1, 0.15) is 61.9 Å². The van der Waals surface area contributed by atoms with Crippen molar-refractivity contribution in [1.29, 1.82) is 0 Å². The van der Waals surface area contributed by atoms with Crippen molar-refractivity contribution >= 4 is 5.91 Å². The maximum absolute atomic E-state index is 12.4. The van der Waals surface area contributed by atoms with Crippen LogP contribution in [0.15, 0.2) is 24.3 Å². The van der Waals surface area contributed by atoms with Crippen LogP contribution < -0.4 is 11.1 Å². The lowest BCUT2D eigenvalue weighted by Crippen LogP contribution is -2.35. The molecule has 0 radical (unpaired) electrons. The van der Waals surface area contributed by atoms with Gasteiger partial charge in [-0.15, -0.1) is 0 Å². The zero-order valence-electron chi connectivity index (χ0n) is 12.8. The van der Waals surface area contributed by atoms with E-state index in [1.807, 2.05) is 24.3 Å². The van der Waals surface area contributed by atoms with Gasteiger partial charge in [-0.25, -0.2) is 0 Å². The minimum absolute atomic E-state index is 0.0450. The van der Waals surface area contributed by atoms with Crippen molar-refractivity contribution in [3.8, 4) is 0 Å². The molecule has 1 atom stereocenters. The highest BCUT2D eigenvalue weighted by Crippen LogP contribution is 2.12. The van der Waals surface area contributed by atoms with Gasteiger partial charge in [0.25, 0.3) is 5.91 Å². The minimum Gasteiger partial charge on any atom is -0.349 e. The quantitative estimate of drug-likeness (QED) is 0.727. The lowest BCUT2D eigenvalue weighted by atomic mass is 10.0. The van der Waals surface area contributed by atoms with Gasteiger partial charge in [0, 0.05) is 11.6 Å². The number of nitrogens with two attached hydrogens (primary N) is 1. The Kier molecular flexibility index (Phi) is 7.97. The number of hydrogen-bond donors (Lipinski definition) is 2. The summed E-state index contributed by atoms with van der Waals surface area (Å²) in [6, 6.07) is 8.04.